The van der Waals surface area contributed by atoms with Gasteiger partial charge in [0, 0.05) is 11.3 Å². The Bertz CT molecular complexity index is 909. The molecule has 0 unspecified atom stereocenters. The standard InChI is InChI=1S/C19H23N3O3/c1-11-9-12(2)22(21-11)10-16-14(4)25-19(20-16)15-7-8-17(23-5)13(3)18(15)24-6/h7-9H,10H2,1-6H3. The van der Waals surface area contributed by atoms with E-state index in [0.29, 0.717) is 18.2 Å². The molecule has 6 heteroatoms. The Morgan fingerprint density at radius 3 is 2.44 bits per heavy atom. The smallest absolute Gasteiger partial charge is 0.230 e. The van der Waals surface area contributed by atoms with Crippen molar-refractivity contribution in [2.24, 2.45) is 0 Å². The third kappa shape index (κ3) is 3.12. The number of methoxy groups -OCH3 is 2. The molecule has 0 saturated heterocycles. The van der Waals surface area contributed by atoms with Gasteiger partial charge in [0.05, 0.1) is 32.0 Å². The zero-order valence-electron chi connectivity index (χ0n) is 15.5. The first kappa shape index (κ1) is 17.1. The summed E-state index contributed by atoms with van der Waals surface area (Å²) in [5, 5.41) is 4.49. The predicted octanol–water partition coefficient (Wildman–Crippen LogP) is 3.84. The van der Waals surface area contributed by atoms with Gasteiger partial charge in [0.1, 0.15) is 23.0 Å². The lowest BCUT2D eigenvalue weighted by Gasteiger charge is -2.12. The van der Waals surface area contributed by atoms with Gasteiger partial charge in [0.25, 0.3) is 0 Å². The predicted molar refractivity (Wildman–Crippen MR) is 95.3 cm³/mol. The van der Waals surface area contributed by atoms with Crippen molar-refractivity contribution < 1.29 is 13.9 Å². The van der Waals surface area contributed by atoms with Gasteiger partial charge in [-0.25, -0.2) is 4.98 Å². The summed E-state index contributed by atoms with van der Waals surface area (Å²) in [6, 6.07) is 5.85. The van der Waals surface area contributed by atoms with E-state index in [9.17, 15) is 0 Å². The maximum atomic E-state index is 5.92. The van der Waals surface area contributed by atoms with Gasteiger partial charge in [-0.3, -0.25) is 4.68 Å². The number of hydrogen-bond acceptors (Lipinski definition) is 5. The van der Waals surface area contributed by atoms with E-state index in [0.717, 1.165) is 39.7 Å². The lowest BCUT2D eigenvalue weighted by molar-refractivity contribution is 0.388. The average molecular weight is 341 g/mol. The van der Waals surface area contributed by atoms with Gasteiger partial charge in [-0.1, -0.05) is 0 Å². The van der Waals surface area contributed by atoms with Crippen LogP contribution in [0.2, 0.25) is 0 Å². The van der Waals surface area contributed by atoms with Gasteiger partial charge in [-0.15, -0.1) is 0 Å². The summed E-state index contributed by atoms with van der Waals surface area (Å²) in [5.74, 6) is 2.79. The third-order valence-electron chi connectivity index (χ3n) is 4.31. The fourth-order valence-corrected chi connectivity index (χ4v) is 2.99. The van der Waals surface area contributed by atoms with Crippen molar-refractivity contribution in [3.8, 4) is 23.0 Å². The number of rotatable bonds is 5. The molecule has 3 rings (SSSR count). The average Bonchev–Trinajstić information content (AvgIpc) is 3.09. The summed E-state index contributed by atoms with van der Waals surface area (Å²) < 4.78 is 18.8. The van der Waals surface area contributed by atoms with E-state index in [1.165, 1.54) is 0 Å². The van der Waals surface area contributed by atoms with Gasteiger partial charge in [-0.05, 0) is 45.9 Å². The van der Waals surface area contributed by atoms with Gasteiger partial charge >= 0.3 is 0 Å². The Morgan fingerprint density at radius 1 is 1.08 bits per heavy atom. The highest BCUT2D eigenvalue weighted by atomic mass is 16.5. The quantitative estimate of drug-likeness (QED) is 0.705. The molecule has 0 saturated carbocycles. The monoisotopic (exact) mass is 341 g/mol. The maximum absolute atomic E-state index is 5.92. The molecule has 0 aliphatic heterocycles. The van der Waals surface area contributed by atoms with Crippen LogP contribution in [-0.4, -0.2) is 29.0 Å². The van der Waals surface area contributed by atoms with Gasteiger partial charge in [0.15, 0.2) is 0 Å². The number of nitrogens with zero attached hydrogens (tertiary/aromatic N) is 3. The molecule has 0 radical (unpaired) electrons. The van der Waals surface area contributed by atoms with Crippen molar-refractivity contribution in [3.05, 3.63) is 46.6 Å². The molecule has 0 aliphatic carbocycles. The van der Waals surface area contributed by atoms with Crippen LogP contribution >= 0.6 is 0 Å². The molecule has 132 valence electrons. The lowest BCUT2D eigenvalue weighted by atomic mass is 10.1. The number of aromatic nitrogens is 3. The number of oxazole rings is 1. The SMILES string of the molecule is COc1ccc(-c2nc(Cn3nc(C)cc3C)c(C)o2)c(OC)c1C. The lowest BCUT2D eigenvalue weighted by Crippen LogP contribution is -2.05. The van der Waals surface area contributed by atoms with Crippen molar-refractivity contribution in [1.82, 2.24) is 14.8 Å². The molecule has 1 aromatic carbocycles. The molecule has 0 fully saturated rings. The zero-order chi connectivity index (χ0) is 18.1. The van der Waals surface area contributed by atoms with E-state index in [4.69, 9.17) is 13.9 Å². The van der Waals surface area contributed by atoms with Crippen molar-refractivity contribution >= 4 is 0 Å². The summed E-state index contributed by atoms with van der Waals surface area (Å²) in [6.07, 6.45) is 0. The van der Waals surface area contributed by atoms with Crippen molar-refractivity contribution in [2.45, 2.75) is 34.2 Å². The van der Waals surface area contributed by atoms with Crippen LogP contribution in [0.4, 0.5) is 0 Å². The Labute approximate surface area is 147 Å². The van der Waals surface area contributed by atoms with Gasteiger partial charge < -0.3 is 13.9 Å². The Balaban J connectivity index is 2.00. The molecule has 0 N–H and O–H groups in total. The second kappa shape index (κ2) is 6.63. The Morgan fingerprint density at radius 2 is 1.84 bits per heavy atom. The van der Waals surface area contributed by atoms with E-state index in [1.807, 2.05) is 50.6 Å². The molecule has 6 nitrogen and oxygen atoms in total. The highest BCUT2D eigenvalue weighted by Gasteiger charge is 2.19. The molecule has 0 spiro atoms. The molecule has 0 atom stereocenters. The summed E-state index contributed by atoms with van der Waals surface area (Å²) in [7, 11) is 3.28. The summed E-state index contributed by atoms with van der Waals surface area (Å²) in [4.78, 5) is 4.68. The van der Waals surface area contributed by atoms with E-state index in [-0.39, 0.29) is 0 Å². The second-order valence-corrected chi connectivity index (χ2v) is 6.08. The number of hydrogen-bond donors (Lipinski definition) is 0. The van der Waals surface area contributed by atoms with Gasteiger partial charge in [-0.2, -0.15) is 5.10 Å². The second-order valence-electron chi connectivity index (χ2n) is 6.08. The molecule has 2 aromatic heterocycles. The molecule has 0 aliphatic rings. The Kier molecular flexibility index (Phi) is 4.53. The van der Waals surface area contributed by atoms with Crippen LogP contribution in [0.3, 0.4) is 0 Å². The summed E-state index contributed by atoms with van der Waals surface area (Å²) >= 11 is 0. The van der Waals surface area contributed by atoms with E-state index in [1.54, 1.807) is 14.2 Å². The molecule has 0 amide bonds. The minimum absolute atomic E-state index is 0.539. The van der Waals surface area contributed by atoms with Crippen molar-refractivity contribution in [1.29, 1.82) is 0 Å². The van der Waals surface area contributed by atoms with E-state index < -0.39 is 0 Å². The summed E-state index contributed by atoms with van der Waals surface area (Å²) in [6.45, 7) is 8.46. The topological polar surface area (TPSA) is 62.3 Å². The van der Waals surface area contributed by atoms with Crippen LogP contribution in [0.25, 0.3) is 11.5 Å². The fourth-order valence-electron chi connectivity index (χ4n) is 2.99. The van der Waals surface area contributed by atoms with Crippen LogP contribution in [0.5, 0.6) is 11.5 Å². The highest BCUT2D eigenvalue weighted by molar-refractivity contribution is 5.68. The van der Waals surface area contributed by atoms with Crippen LogP contribution in [0, 0.1) is 27.7 Å². The molecule has 25 heavy (non-hydrogen) atoms. The van der Waals surface area contributed by atoms with E-state index in [2.05, 4.69) is 10.1 Å². The fraction of sp³-hybridized carbons (Fsp3) is 0.368. The number of ether oxygens (including phenoxy) is 2. The largest absolute Gasteiger partial charge is 0.496 e. The van der Waals surface area contributed by atoms with Crippen molar-refractivity contribution in [3.63, 3.8) is 0 Å². The first-order chi connectivity index (χ1) is 11.9. The van der Waals surface area contributed by atoms with Crippen molar-refractivity contribution in [2.75, 3.05) is 14.2 Å². The van der Waals surface area contributed by atoms with Gasteiger partial charge in [0.2, 0.25) is 5.89 Å². The van der Waals surface area contributed by atoms with Crippen LogP contribution in [0.15, 0.2) is 22.6 Å². The molecule has 2 heterocycles. The van der Waals surface area contributed by atoms with Crippen LogP contribution in [-0.2, 0) is 6.54 Å². The van der Waals surface area contributed by atoms with Crippen LogP contribution < -0.4 is 9.47 Å². The first-order valence-electron chi connectivity index (χ1n) is 8.14. The van der Waals surface area contributed by atoms with E-state index >= 15 is 0 Å². The molecular formula is C19H23N3O3. The molecule has 0 bridgehead atoms. The first-order valence-corrected chi connectivity index (χ1v) is 8.14. The Hall–Kier alpha value is -2.76. The maximum Gasteiger partial charge on any atom is 0.230 e. The minimum atomic E-state index is 0.539. The number of aryl methyl sites for hydroxylation is 3. The third-order valence-corrected chi connectivity index (χ3v) is 4.31. The minimum Gasteiger partial charge on any atom is -0.496 e. The molecule has 3 aromatic rings. The molecular weight excluding hydrogens is 318 g/mol. The highest BCUT2D eigenvalue weighted by Crippen LogP contribution is 2.37. The zero-order valence-corrected chi connectivity index (χ0v) is 15.5. The summed E-state index contributed by atoms with van der Waals surface area (Å²) in [5.41, 5.74) is 4.67. The normalized spacial score (nSPS) is 11.0. The number of benzene rings is 1. The van der Waals surface area contributed by atoms with Crippen LogP contribution in [0.1, 0.15) is 28.4 Å².